The van der Waals surface area contributed by atoms with Crippen LogP contribution in [0.15, 0.2) is 71.8 Å². The SMILES string of the molecule is COc1ccc(Cc2nc3ccccc3n2CC(=O)NN=Cc2sc3ccccc3c2Cl)cc1OC. The summed E-state index contributed by atoms with van der Waals surface area (Å²) in [5.74, 6) is 1.80. The number of hydrogen-bond donors (Lipinski definition) is 1. The minimum absolute atomic E-state index is 0.0701. The van der Waals surface area contributed by atoms with Gasteiger partial charge in [-0.1, -0.05) is 48.0 Å². The highest BCUT2D eigenvalue weighted by Gasteiger charge is 2.15. The molecule has 0 aliphatic heterocycles. The zero-order valence-corrected chi connectivity index (χ0v) is 21.3. The lowest BCUT2D eigenvalue weighted by Crippen LogP contribution is -2.24. The summed E-state index contributed by atoms with van der Waals surface area (Å²) in [5.41, 5.74) is 5.31. The minimum Gasteiger partial charge on any atom is -0.493 e. The first-order valence-corrected chi connectivity index (χ1v) is 12.4. The lowest BCUT2D eigenvalue weighted by atomic mass is 10.1. The number of nitrogens with zero attached hydrogens (tertiary/aromatic N) is 3. The van der Waals surface area contributed by atoms with Crippen molar-refractivity contribution in [3.8, 4) is 11.5 Å². The second kappa shape index (κ2) is 10.4. The maximum absolute atomic E-state index is 12.9. The van der Waals surface area contributed by atoms with Gasteiger partial charge in [-0.25, -0.2) is 10.4 Å². The number of hydrazone groups is 1. The van der Waals surface area contributed by atoms with Crippen molar-refractivity contribution in [1.82, 2.24) is 15.0 Å². The van der Waals surface area contributed by atoms with Crippen LogP contribution in [0.4, 0.5) is 0 Å². The fourth-order valence-electron chi connectivity index (χ4n) is 4.07. The van der Waals surface area contributed by atoms with E-state index in [1.807, 2.05) is 71.3 Å². The molecule has 0 spiro atoms. The molecule has 2 heterocycles. The molecule has 0 radical (unpaired) electrons. The van der Waals surface area contributed by atoms with E-state index in [1.54, 1.807) is 20.4 Å². The highest BCUT2D eigenvalue weighted by Crippen LogP contribution is 2.34. The van der Waals surface area contributed by atoms with Gasteiger partial charge in [-0.3, -0.25) is 4.79 Å². The Balaban J connectivity index is 1.36. The number of benzene rings is 3. The maximum Gasteiger partial charge on any atom is 0.260 e. The lowest BCUT2D eigenvalue weighted by Gasteiger charge is -2.11. The molecule has 9 heteroatoms. The quantitative estimate of drug-likeness (QED) is 0.212. The zero-order valence-electron chi connectivity index (χ0n) is 19.7. The van der Waals surface area contributed by atoms with Crippen molar-refractivity contribution < 1.29 is 14.3 Å². The Bertz CT molecular complexity index is 1590. The van der Waals surface area contributed by atoms with Gasteiger partial charge in [-0.2, -0.15) is 5.10 Å². The lowest BCUT2D eigenvalue weighted by molar-refractivity contribution is -0.121. The Kier molecular flexibility index (Phi) is 6.88. The number of halogens is 1. The van der Waals surface area contributed by atoms with E-state index in [-0.39, 0.29) is 12.5 Å². The van der Waals surface area contributed by atoms with E-state index in [1.165, 1.54) is 11.3 Å². The van der Waals surface area contributed by atoms with Crippen molar-refractivity contribution in [2.24, 2.45) is 5.10 Å². The molecule has 3 aromatic carbocycles. The molecule has 2 aromatic heterocycles. The zero-order chi connectivity index (χ0) is 25.1. The summed E-state index contributed by atoms with van der Waals surface area (Å²) in [4.78, 5) is 18.4. The summed E-state index contributed by atoms with van der Waals surface area (Å²) in [7, 11) is 3.21. The van der Waals surface area contributed by atoms with E-state index in [4.69, 9.17) is 26.1 Å². The summed E-state index contributed by atoms with van der Waals surface area (Å²) < 4.78 is 13.8. The molecule has 0 saturated carbocycles. The molecule has 0 aliphatic rings. The van der Waals surface area contributed by atoms with Crippen molar-refractivity contribution in [1.29, 1.82) is 0 Å². The molecule has 0 aliphatic carbocycles. The Labute approximate surface area is 216 Å². The van der Waals surface area contributed by atoms with Crippen LogP contribution in [0.5, 0.6) is 11.5 Å². The van der Waals surface area contributed by atoms with Gasteiger partial charge in [0.25, 0.3) is 5.91 Å². The Morgan fingerprint density at radius 2 is 1.86 bits per heavy atom. The maximum atomic E-state index is 12.9. The van der Waals surface area contributed by atoms with Crippen LogP contribution < -0.4 is 14.9 Å². The number of rotatable bonds is 8. The van der Waals surface area contributed by atoms with Crippen LogP contribution in [0.1, 0.15) is 16.3 Å². The average molecular weight is 519 g/mol. The van der Waals surface area contributed by atoms with E-state index in [0.717, 1.165) is 37.4 Å². The van der Waals surface area contributed by atoms with E-state index >= 15 is 0 Å². The van der Waals surface area contributed by atoms with Crippen molar-refractivity contribution in [3.63, 3.8) is 0 Å². The van der Waals surface area contributed by atoms with E-state index in [9.17, 15) is 4.79 Å². The van der Waals surface area contributed by atoms with Crippen molar-refractivity contribution in [2.75, 3.05) is 14.2 Å². The number of amides is 1. The first-order valence-electron chi connectivity index (χ1n) is 11.2. The highest BCUT2D eigenvalue weighted by atomic mass is 35.5. The number of para-hydroxylation sites is 2. The van der Waals surface area contributed by atoms with Gasteiger partial charge in [-0.15, -0.1) is 11.3 Å². The van der Waals surface area contributed by atoms with E-state index < -0.39 is 0 Å². The van der Waals surface area contributed by atoms with Gasteiger partial charge >= 0.3 is 0 Å². The first kappa shape index (κ1) is 23.8. The summed E-state index contributed by atoms with van der Waals surface area (Å²) in [6.07, 6.45) is 2.10. The molecule has 0 bridgehead atoms. The molecular formula is C27H23ClN4O3S. The van der Waals surface area contributed by atoms with Crippen molar-refractivity contribution in [3.05, 3.63) is 88.0 Å². The third kappa shape index (κ3) is 4.78. The van der Waals surface area contributed by atoms with Gasteiger partial charge in [0.2, 0.25) is 0 Å². The number of ether oxygens (including phenoxy) is 2. The Morgan fingerprint density at radius 1 is 1.08 bits per heavy atom. The van der Waals surface area contributed by atoms with Gasteiger partial charge in [0.05, 0.1) is 41.4 Å². The van der Waals surface area contributed by atoms with Crippen LogP contribution in [-0.2, 0) is 17.8 Å². The Morgan fingerprint density at radius 3 is 2.67 bits per heavy atom. The summed E-state index contributed by atoms with van der Waals surface area (Å²) in [6.45, 7) is 0.0701. The number of nitrogens with one attached hydrogen (secondary N) is 1. The molecule has 0 unspecified atom stereocenters. The largest absolute Gasteiger partial charge is 0.493 e. The number of carbonyl (C=O) groups is 1. The van der Waals surface area contributed by atoms with Gasteiger partial charge in [0, 0.05) is 16.5 Å². The normalized spacial score (nSPS) is 11.4. The van der Waals surface area contributed by atoms with Crippen LogP contribution in [-0.4, -0.2) is 35.9 Å². The molecule has 7 nitrogen and oxygen atoms in total. The second-order valence-corrected chi connectivity index (χ2v) is 9.50. The number of methoxy groups -OCH3 is 2. The standard InChI is InChI=1S/C27H23ClN4O3S/c1-34-21-12-11-17(13-22(21)35-2)14-25-30-19-8-4-5-9-20(19)32(25)16-26(33)31-29-15-24-27(28)18-7-3-6-10-23(18)36-24/h3-13,15H,14,16H2,1-2H3,(H,31,33). The number of thiophene rings is 1. The molecule has 182 valence electrons. The molecule has 1 amide bonds. The van der Waals surface area contributed by atoms with Gasteiger partial charge < -0.3 is 14.0 Å². The summed E-state index contributed by atoms with van der Waals surface area (Å²) >= 11 is 7.99. The molecule has 0 saturated heterocycles. The van der Waals surface area contributed by atoms with Gasteiger partial charge in [0.15, 0.2) is 11.5 Å². The average Bonchev–Trinajstić information content (AvgIpc) is 3.40. The first-order chi connectivity index (χ1) is 17.6. The van der Waals surface area contributed by atoms with Crippen LogP contribution >= 0.6 is 22.9 Å². The fourth-order valence-corrected chi connectivity index (χ4v) is 5.42. The number of hydrogen-bond acceptors (Lipinski definition) is 6. The monoisotopic (exact) mass is 518 g/mol. The van der Waals surface area contributed by atoms with Crippen molar-refractivity contribution in [2.45, 2.75) is 13.0 Å². The number of carbonyl (C=O) groups excluding carboxylic acids is 1. The number of fused-ring (bicyclic) bond motifs is 2. The van der Waals surface area contributed by atoms with Crippen LogP contribution in [0.2, 0.25) is 5.02 Å². The molecule has 36 heavy (non-hydrogen) atoms. The van der Waals surface area contributed by atoms with E-state index in [0.29, 0.717) is 22.9 Å². The molecule has 5 aromatic rings. The number of imidazole rings is 1. The molecule has 0 fully saturated rings. The van der Waals surface area contributed by atoms with Crippen molar-refractivity contribution >= 4 is 56.2 Å². The van der Waals surface area contributed by atoms with Gasteiger partial charge in [-0.05, 0) is 35.9 Å². The predicted molar refractivity (Wildman–Crippen MR) is 145 cm³/mol. The smallest absolute Gasteiger partial charge is 0.260 e. The Hall–Kier alpha value is -3.88. The summed E-state index contributed by atoms with van der Waals surface area (Å²) in [5, 5.41) is 5.76. The van der Waals surface area contributed by atoms with Gasteiger partial charge in [0.1, 0.15) is 12.4 Å². The molecular weight excluding hydrogens is 496 g/mol. The predicted octanol–water partition coefficient (Wildman–Crippen LogP) is 5.66. The molecule has 0 atom stereocenters. The minimum atomic E-state index is -0.264. The van der Waals surface area contributed by atoms with Crippen LogP contribution in [0, 0.1) is 0 Å². The topological polar surface area (TPSA) is 77.7 Å². The molecule has 1 N–H and O–H groups in total. The second-order valence-electron chi connectivity index (χ2n) is 8.04. The number of aromatic nitrogens is 2. The van der Waals surface area contributed by atoms with Crippen LogP contribution in [0.3, 0.4) is 0 Å². The third-order valence-electron chi connectivity index (χ3n) is 5.78. The third-order valence-corrected chi connectivity index (χ3v) is 7.40. The molecule has 5 rings (SSSR count). The highest BCUT2D eigenvalue weighted by molar-refractivity contribution is 7.21. The van der Waals surface area contributed by atoms with E-state index in [2.05, 4.69) is 10.5 Å². The van der Waals surface area contributed by atoms with Crippen LogP contribution in [0.25, 0.3) is 21.1 Å². The fraction of sp³-hybridized carbons (Fsp3) is 0.148. The summed E-state index contributed by atoms with van der Waals surface area (Å²) in [6, 6.07) is 21.4.